The van der Waals surface area contributed by atoms with E-state index in [4.69, 9.17) is 6.42 Å². The number of nitrogens with one attached hydrogen (secondary N) is 1. The van der Waals surface area contributed by atoms with Crippen molar-refractivity contribution in [2.45, 2.75) is 26.3 Å². The Labute approximate surface area is 108 Å². The predicted molar refractivity (Wildman–Crippen MR) is 76.3 cm³/mol. The number of hydrogen-bond acceptors (Lipinski definition) is 2. The van der Waals surface area contributed by atoms with E-state index in [2.05, 4.69) is 42.2 Å². The smallest absolute Gasteiger partial charge is 0.112 e. The molecule has 2 heteroatoms. The summed E-state index contributed by atoms with van der Waals surface area (Å²) < 4.78 is 0. The van der Waals surface area contributed by atoms with Gasteiger partial charge in [-0.2, -0.15) is 0 Å². The van der Waals surface area contributed by atoms with Crippen LogP contribution in [0.4, 0.5) is 0 Å². The highest BCUT2D eigenvalue weighted by atomic mass is 14.9. The molecule has 1 aromatic carbocycles. The molecule has 0 bridgehead atoms. The van der Waals surface area contributed by atoms with Crippen molar-refractivity contribution in [3.63, 3.8) is 0 Å². The van der Waals surface area contributed by atoms with E-state index in [1.807, 2.05) is 18.2 Å². The summed E-state index contributed by atoms with van der Waals surface area (Å²) in [5.41, 5.74) is 3.15. The van der Waals surface area contributed by atoms with Crippen molar-refractivity contribution in [3.05, 3.63) is 41.6 Å². The second-order valence-electron chi connectivity index (χ2n) is 4.43. The Balaban J connectivity index is 2.42. The first-order valence-corrected chi connectivity index (χ1v) is 6.32. The van der Waals surface area contributed by atoms with E-state index >= 15 is 0 Å². The number of aromatic nitrogens is 1. The number of rotatable bonds is 4. The number of pyridine rings is 1. The van der Waals surface area contributed by atoms with Crippen LogP contribution in [0.5, 0.6) is 0 Å². The number of fused-ring (bicyclic) bond motifs is 1. The molecule has 0 saturated heterocycles. The third-order valence-electron chi connectivity index (χ3n) is 3.00. The van der Waals surface area contributed by atoms with Gasteiger partial charge in [-0.15, -0.1) is 6.42 Å². The summed E-state index contributed by atoms with van der Waals surface area (Å²) in [6.45, 7) is 5.13. The zero-order chi connectivity index (χ0) is 13.0. The van der Waals surface area contributed by atoms with Crippen LogP contribution in [0, 0.1) is 19.3 Å². The van der Waals surface area contributed by atoms with E-state index in [0.717, 1.165) is 24.2 Å². The van der Waals surface area contributed by atoms with Gasteiger partial charge in [0.25, 0.3) is 0 Å². The summed E-state index contributed by atoms with van der Waals surface area (Å²) >= 11 is 0. The lowest BCUT2D eigenvalue weighted by Gasteiger charge is -2.13. The van der Waals surface area contributed by atoms with Gasteiger partial charge >= 0.3 is 0 Å². The highest BCUT2D eigenvalue weighted by Gasteiger charge is 2.10. The Morgan fingerprint density at radius 1 is 1.39 bits per heavy atom. The zero-order valence-corrected chi connectivity index (χ0v) is 10.9. The summed E-state index contributed by atoms with van der Waals surface area (Å²) in [6.07, 6.45) is 6.65. The van der Waals surface area contributed by atoms with Crippen molar-refractivity contribution in [1.29, 1.82) is 0 Å². The van der Waals surface area contributed by atoms with E-state index < -0.39 is 0 Å². The molecule has 0 fully saturated rings. The van der Waals surface area contributed by atoms with E-state index in [1.165, 1.54) is 10.9 Å². The van der Waals surface area contributed by atoms with Crippen LogP contribution in [0.1, 0.15) is 30.6 Å². The molecule has 0 spiro atoms. The number of hydrogen-bond donors (Lipinski definition) is 1. The van der Waals surface area contributed by atoms with Crippen molar-refractivity contribution in [1.82, 2.24) is 10.3 Å². The summed E-state index contributed by atoms with van der Waals surface area (Å²) in [5, 5.41) is 4.52. The average Bonchev–Trinajstić information content (AvgIpc) is 2.40. The molecule has 2 nitrogen and oxygen atoms in total. The molecule has 2 aromatic rings. The molecule has 92 valence electrons. The lowest BCUT2D eigenvalue weighted by molar-refractivity contribution is 0.615. The Morgan fingerprint density at radius 3 is 2.89 bits per heavy atom. The first kappa shape index (κ1) is 12.6. The predicted octanol–water partition coefficient (Wildman–Crippen LogP) is 3.22. The van der Waals surface area contributed by atoms with Gasteiger partial charge < -0.3 is 0 Å². The monoisotopic (exact) mass is 238 g/mol. The summed E-state index contributed by atoms with van der Waals surface area (Å²) in [5.74, 6) is 2.77. The average molecular weight is 238 g/mol. The van der Waals surface area contributed by atoms with E-state index in [0.29, 0.717) is 0 Å². The molecule has 2 rings (SSSR count). The minimum absolute atomic E-state index is 0.103. The zero-order valence-electron chi connectivity index (χ0n) is 10.9. The van der Waals surface area contributed by atoms with Crippen LogP contribution in [0.3, 0.4) is 0 Å². The fourth-order valence-electron chi connectivity index (χ4n) is 2.06. The molecule has 0 aliphatic carbocycles. The van der Waals surface area contributed by atoms with Gasteiger partial charge in [-0.1, -0.05) is 31.0 Å². The van der Waals surface area contributed by atoms with E-state index in [9.17, 15) is 0 Å². The molecule has 0 saturated carbocycles. The van der Waals surface area contributed by atoms with Gasteiger partial charge in [0.15, 0.2) is 0 Å². The van der Waals surface area contributed by atoms with Crippen LogP contribution >= 0.6 is 0 Å². The number of aryl methyl sites for hydroxylation is 1. The van der Waals surface area contributed by atoms with Gasteiger partial charge in [0.1, 0.15) is 6.04 Å². The van der Waals surface area contributed by atoms with Crippen molar-refractivity contribution in [2.24, 2.45) is 0 Å². The maximum absolute atomic E-state index is 5.59. The van der Waals surface area contributed by atoms with Gasteiger partial charge in [-0.25, -0.2) is 0 Å². The third-order valence-corrected chi connectivity index (χ3v) is 3.00. The molecule has 1 heterocycles. The Kier molecular flexibility index (Phi) is 3.96. The number of para-hydroxylation sites is 1. The highest BCUT2D eigenvalue weighted by molar-refractivity contribution is 5.82. The quantitative estimate of drug-likeness (QED) is 0.827. The second kappa shape index (κ2) is 5.66. The van der Waals surface area contributed by atoms with Crippen LogP contribution in [0.15, 0.2) is 30.3 Å². The van der Waals surface area contributed by atoms with E-state index in [1.54, 1.807) is 0 Å². The second-order valence-corrected chi connectivity index (χ2v) is 4.43. The van der Waals surface area contributed by atoms with Crippen LogP contribution in [-0.2, 0) is 0 Å². The largest absolute Gasteiger partial charge is 0.299 e. The molecule has 1 N–H and O–H groups in total. The van der Waals surface area contributed by atoms with Crippen LogP contribution in [0.2, 0.25) is 0 Å². The normalized spacial score (nSPS) is 12.3. The molecular formula is C16H18N2. The molecular weight excluding hydrogens is 220 g/mol. The standard InChI is InChI=1S/C16H18N2/c1-4-10-17-14(5-2)16-11-12(3)13-8-6-7-9-15(13)18-16/h2,6-9,11,14,17H,4,10H2,1,3H3. The molecule has 18 heavy (non-hydrogen) atoms. The Hall–Kier alpha value is -1.85. The molecule has 1 unspecified atom stereocenters. The van der Waals surface area contributed by atoms with Crippen LogP contribution in [-0.4, -0.2) is 11.5 Å². The summed E-state index contributed by atoms with van der Waals surface area (Å²) in [6, 6.07) is 10.1. The maximum atomic E-state index is 5.59. The van der Waals surface area contributed by atoms with Crippen LogP contribution < -0.4 is 5.32 Å². The highest BCUT2D eigenvalue weighted by Crippen LogP contribution is 2.20. The number of terminal acetylenes is 1. The lowest BCUT2D eigenvalue weighted by atomic mass is 10.1. The van der Waals surface area contributed by atoms with Gasteiger partial charge in [0.2, 0.25) is 0 Å². The SMILES string of the molecule is C#CC(NCCC)c1cc(C)c2ccccc2n1. The molecule has 0 radical (unpaired) electrons. The minimum Gasteiger partial charge on any atom is -0.299 e. The molecule has 1 atom stereocenters. The van der Waals surface area contributed by atoms with Gasteiger partial charge in [0.05, 0.1) is 11.2 Å². The van der Waals surface area contributed by atoms with Gasteiger partial charge in [0, 0.05) is 5.39 Å². The first-order valence-electron chi connectivity index (χ1n) is 6.32. The fourth-order valence-corrected chi connectivity index (χ4v) is 2.06. The van der Waals surface area contributed by atoms with Crippen molar-refractivity contribution >= 4 is 10.9 Å². The van der Waals surface area contributed by atoms with Crippen LogP contribution in [0.25, 0.3) is 10.9 Å². The van der Waals surface area contributed by atoms with E-state index in [-0.39, 0.29) is 6.04 Å². The Morgan fingerprint density at radius 2 is 2.17 bits per heavy atom. The van der Waals surface area contributed by atoms with Crippen molar-refractivity contribution in [2.75, 3.05) is 6.54 Å². The fraction of sp³-hybridized carbons (Fsp3) is 0.312. The number of nitrogens with zero attached hydrogens (tertiary/aromatic N) is 1. The third kappa shape index (κ3) is 2.52. The summed E-state index contributed by atoms with van der Waals surface area (Å²) in [7, 11) is 0. The Bertz CT molecular complexity index is 581. The maximum Gasteiger partial charge on any atom is 0.112 e. The molecule has 0 aliphatic heterocycles. The summed E-state index contributed by atoms with van der Waals surface area (Å²) in [4.78, 5) is 4.66. The number of benzene rings is 1. The lowest BCUT2D eigenvalue weighted by Crippen LogP contribution is -2.21. The van der Waals surface area contributed by atoms with Crippen molar-refractivity contribution in [3.8, 4) is 12.3 Å². The minimum atomic E-state index is -0.103. The molecule has 0 aliphatic rings. The molecule has 1 aromatic heterocycles. The van der Waals surface area contributed by atoms with Gasteiger partial charge in [-0.05, 0) is 37.6 Å². The van der Waals surface area contributed by atoms with Crippen molar-refractivity contribution < 1.29 is 0 Å². The van der Waals surface area contributed by atoms with Gasteiger partial charge in [-0.3, -0.25) is 10.3 Å². The molecule has 0 amide bonds. The topological polar surface area (TPSA) is 24.9 Å². The first-order chi connectivity index (χ1) is 8.76.